The third-order valence-electron chi connectivity index (χ3n) is 1.60. The molecule has 0 unspecified atom stereocenters. The number of nitrogens with zero attached hydrogens (tertiary/aromatic N) is 1. The van der Waals surface area contributed by atoms with Gasteiger partial charge in [0.05, 0.1) is 5.70 Å². The molecule has 0 amide bonds. The van der Waals surface area contributed by atoms with Crippen LogP contribution in [0, 0.1) is 0 Å². The van der Waals surface area contributed by atoms with Crippen LogP contribution in [0.5, 0.6) is 0 Å². The summed E-state index contributed by atoms with van der Waals surface area (Å²) in [5.74, 6) is 0. The number of hydrogen-bond donors (Lipinski definition) is 3. The average Bonchev–Trinajstić information content (AvgIpc) is 2.33. The fourth-order valence-corrected chi connectivity index (χ4v) is 1.10. The monoisotopic (exact) mass is 126 g/mol. The highest BCUT2D eigenvalue weighted by Crippen LogP contribution is 2.04. The quantitative estimate of drug-likeness (QED) is 0.379. The summed E-state index contributed by atoms with van der Waals surface area (Å²) in [5, 5.41) is 5.37. The van der Waals surface area contributed by atoms with E-state index in [4.69, 9.17) is 0 Å². The van der Waals surface area contributed by atoms with Crippen LogP contribution in [-0.4, -0.2) is 24.6 Å². The molecule has 2 aliphatic heterocycles. The fourth-order valence-electron chi connectivity index (χ4n) is 1.10. The largest absolute Gasteiger partial charge is 0.309 e. The first-order valence-corrected chi connectivity index (χ1v) is 3.15. The Morgan fingerprint density at radius 2 is 2.56 bits per heavy atom. The van der Waals surface area contributed by atoms with Crippen LogP contribution in [0.1, 0.15) is 0 Å². The molecule has 2 rings (SSSR count). The summed E-state index contributed by atoms with van der Waals surface area (Å²) in [6, 6.07) is 0. The van der Waals surface area contributed by atoms with Crippen molar-refractivity contribution in [2.45, 2.75) is 0 Å². The number of piperazine rings is 1. The highest BCUT2D eigenvalue weighted by molar-refractivity contribution is 5.06. The zero-order valence-electron chi connectivity index (χ0n) is 5.15. The zero-order chi connectivity index (χ0) is 6.10. The normalized spacial score (nSPS) is 24.9. The maximum Gasteiger partial charge on any atom is 0.0621 e. The molecule has 1 fully saturated rings. The first kappa shape index (κ1) is 5.08. The van der Waals surface area contributed by atoms with Gasteiger partial charge in [-0.1, -0.05) is 0 Å². The third kappa shape index (κ3) is 0.760. The summed E-state index contributed by atoms with van der Waals surface area (Å²) in [6.07, 6.45) is 1.98. The van der Waals surface area contributed by atoms with Crippen molar-refractivity contribution >= 4 is 0 Å². The Bertz CT molecular complexity index is 142. The molecule has 2 heterocycles. The highest BCUT2D eigenvalue weighted by Gasteiger charge is 2.16. The predicted molar refractivity (Wildman–Crippen MR) is 33.9 cm³/mol. The first-order chi connectivity index (χ1) is 4.47. The molecule has 0 bridgehead atoms. The Labute approximate surface area is 53.8 Å². The standard InChI is InChI=1S/C5H10N4/c1-2-9-5(3-6-1)4-7-8-9/h4,6-8H,1-3H2. The molecule has 50 valence electrons. The molecule has 0 aromatic carbocycles. The van der Waals surface area contributed by atoms with Crippen LogP contribution >= 0.6 is 0 Å². The second-order valence-electron chi connectivity index (χ2n) is 2.22. The predicted octanol–water partition coefficient (Wildman–Crippen LogP) is -1.24. The molecule has 0 aliphatic carbocycles. The molecule has 0 radical (unpaired) electrons. The zero-order valence-corrected chi connectivity index (χ0v) is 5.15. The van der Waals surface area contributed by atoms with Gasteiger partial charge >= 0.3 is 0 Å². The van der Waals surface area contributed by atoms with Gasteiger partial charge in [0, 0.05) is 25.8 Å². The van der Waals surface area contributed by atoms with Crippen LogP contribution in [-0.2, 0) is 0 Å². The third-order valence-corrected chi connectivity index (χ3v) is 1.60. The van der Waals surface area contributed by atoms with E-state index in [-0.39, 0.29) is 0 Å². The lowest BCUT2D eigenvalue weighted by atomic mass is 10.3. The Morgan fingerprint density at radius 3 is 3.44 bits per heavy atom. The van der Waals surface area contributed by atoms with Crippen molar-refractivity contribution in [3.8, 4) is 0 Å². The molecule has 3 N–H and O–H groups in total. The summed E-state index contributed by atoms with van der Waals surface area (Å²) in [6.45, 7) is 3.07. The molecule has 0 aromatic heterocycles. The van der Waals surface area contributed by atoms with E-state index in [1.54, 1.807) is 0 Å². The smallest absolute Gasteiger partial charge is 0.0621 e. The molecule has 2 aliphatic rings. The van der Waals surface area contributed by atoms with Crippen LogP contribution in [0.15, 0.2) is 11.9 Å². The van der Waals surface area contributed by atoms with E-state index in [0.717, 1.165) is 19.6 Å². The minimum atomic E-state index is 0.972. The van der Waals surface area contributed by atoms with E-state index in [1.807, 2.05) is 6.20 Å². The number of hydrazine groups is 2. The van der Waals surface area contributed by atoms with Crippen LogP contribution in [0.3, 0.4) is 0 Å². The minimum Gasteiger partial charge on any atom is -0.309 e. The lowest BCUT2D eigenvalue weighted by Gasteiger charge is -2.25. The SMILES string of the molecule is C1=C2CNCCN2NN1. The van der Waals surface area contributed by atoms with Gasteiger partial charge in [0.15, 0.2) is 0 Å². The van der Waals surface area contributed by atoms with E-state index < -0.39 is 0 Å². The van der Waals surface area contributed by atoms with E-state index in [1.165, 1.54) is 5.70 Å². The van der Waals surface area contributed by atoms with E-state index in [0.29, 0.717) is 0 Å². The summed E-state index contributed by atoms with van der Waals surface area (Å²) >= 11 is 0. The van der Waals surface area contributed by atoms with Gasteiger partial charge in [-0.2, -0.15) is 0 Å². The second-order valence-corrected chi connectivity index (χ2v) is 2.22. The number of fused-ring (bicyclic) bond motifs is 1. The Hall–Kier alpha value is -0.740. The Kier molecular flexibility index (Phi) is 1.07. The van der Waals surface area contributed by atoms with Crippen LogP contribution in [0.25, 0.3) is 0 Å². The fraction of sp³-hybridized carbons (Fsp3) is 0.600. The van der Waals surface area contributed by atoms with Gasteiger partial charge in [-0.3, -0.25) is 5.01 Å². The molecule has 0 saturated carbocycles. The molecule has 1 saturated heterocycles. The summed E-state index contributed by atoms with van der Waals surface area (Å²) in [7, 11) is 0. The van der Waals surface area contributed by atoms with Crippen LogP contribution in [0.2, 0.25) is 0 Å². The van der Waals surface area contributed by atoms with Crippen molar-refractivity contribution in [1.82, 2.24) is 21.3 Å². The Balaban J connectivity index is 2.09. The Morgan fingerprint density at radius 1 is 1.56 bits per heavy atom. The number of nitrogens with one attached hydrogen (secondary N) is 3. The summed E-state index contributed by atoms with van der Waals surface area (Å²) in [5.41, 5.74) is 7.24. The molecule has 0 aromatic rings. The van der Waals surface area contributed by atoms with Gasteiger partial charge in [0.2, 0.25) is 0 Å². The first-order valence-electron chi connectivity index (χ1n) is 3.15. The van der Waals surface area contributed by atoms with E-state index >= 15 is 0 Å². The minimum absolute atomic E-state index is 0.972. The van der Waals surface area contributed by atoms with Crippen LogP contribution in [0.4, 0.5) is 0 Å². The van der Waals surface area contributed by atoms with E-state index in [9.17, 15) is 0 Å². The van der Waals surface area contributed by atoms with Crippen LogP contribution < -0.4 is 16.3 Å². The second kappa shape index (κ2) is 1.89. The maximum absolute atomic E-state index is 3.27. The van der Waals surface area contributed by atoms with Crippen molar-refractivity contribution < 1.29 is 0 Å². The molecule has 4 heteroatoms. The average molecular weight is 126 g/mol. The van der Waals surface area contributed by atoms with Gasteiger partial charge in [-0.15, -0.1) is 5.53 Å². The molecule has 4 nitrogen and oxygen atoms in total. The maximum atomic E-state index is 3.27. The van der Waals surface area contributed by atoms with Gasteiger partial charge in [0.1, 0.15) is 0 Å². The van der Waals surface area contributed by atoms with Gasteiger partial charge < -0.3 is 10.7 Å². The van der Waals surface area contributed by atoms with E-state index in [2.05, 4.69) is 21.3 Å². The van der Waals surface area contributed by atoms with Crippen molar-refractivity contribution in [2.24, 2.45) is 0 Å². The van der Waals surface area contributed by atoms with Gasteiger partial charge in [0.25, 0.3) is 0 Å². The molecule has 0 atom stereocenters. The van der Waals surface area contributed by atoms with Crippen molar-refractivity contribution in [1.29, 1.82) is 0 Å². The molecular weight excluding hydrogens is 116 g/mol. The lowest BCUT2D eigenvalue weighted by molar-refractivity contribution is 0.225. The lowest BCUT2D eigenvalue weighted by Crippen LogP contribution is -2.46. The summed E-state index contributed by atoms with van der Waals surface area (Å²) in [4.78, 5) is 0. The molecule has 0 spiro atoms. The highest BCUT2D eigenvalue weighted by atomic mass is 15.7. The summed E-state index contributed by atoms with van der Waals surface area (Å²) < 4.78 is 0. The number of hydrogen-bond acceptors (Lipinski definition) is 4. The van der Waals surface area contributed by atoms with Crippen molar-refractivity contribution in [3.63, 3.8) is 0 Å². The molecule has 9 heavy (non-hydrogen) atoms. The van der Waals surface area contributed by atoms with Gasteiger partial charge in [-0.25, -0.2) is 0 Å². The topological polar surface area (TPSA) is 39.3 Å². The van der Waals surface area contributed by atoms with Gasteiger partial charge in [-0.05, 0) is 0 Å². The van der Waals surface area contributed by atoms with Crippen molar-refractivity contribution in [2.75, 3.05) is 19.6 Å². The number of rotatable bonds is 0. The molecular formula is C5H10N4. The van der Waals surface area contributed by atoms with Crippen molar-refractivity contribution in [3.05, 3.63) is 11.9 Å².